The third-order valence-electron chi connectivity index (χ3n) is 27.3. The number of aliphatic hydroxyl groups is 2. The number of halogens is 7. The van der Waals surface area contributed by atoms with Crippen molar-refractivity contribution in [2.45, 2.75) is 237 Å². The van der Waals surface area contributed by atoms with Crippen molar-refractivity contribution in [1.29, 1.82) is 5.26 Å². The zero-order valence-electron chi connectivity index (χ0n) is 84.7. The Morgan fingerprint density at radius 2 is 0.707 bits per heavy atom. The summed E-state index contributed by atoms with van der Waals surface area (Å²) in [5.74, 6) is -2.02. The van der Waals surface area contributed by atoms with Gasteiger partial charge < -0.3 is 29.2 Å². The average molecular weight is 2140 g/mol. The van der Waals surface area contributed by atoms with Crippen molar-refractivity contribution in [3.05, 3.63) is 232 Å². The molecule has 0 amide bonds. The Hall–Kier alpha value is -12.2. The van der Waals surface area contributed by atoms with Gasteiger partial charge in [0.05, 0.1) is 147 Å². The highest BCUT2D eigenvalue weighted by Gasteiger charge is 2.48. The van der Waals surface area contributed by atoms with Gasteiger partial charge >= 0.3 is 22.8 Å². The Labute approximate surface area is 851 Å². The van der Waals surface area contributed by atoms with Gasteiger partial charge in [-0.05, 0) is 215 Å². The van der Waals surface area contributed by atoms with Crippen LogP contribution >= 0.6 is 11.6 Å². The van der Waals surface area contributed by atoms with Crippen LogP contribution in [0, 0.1) is 44.6 Å². The summed E-state index contributed by atoms with van der Waals surface area (Å²) in [6.45, 7) is 28.9. The van der Waals surface area contributed by atoms with E-state index in [-0.39, 0.29) is 196 Å². The molecule has 8 aromatic carbocycles. The fourth-order valence-electron chi connectivity index (χ4n) is 19.5. The second-order valence-electron chi connectivity index (χ2n) is 41.8. The molecule has 2 N–H and O–H groups in total. The number of hydrogen-bond acceptors (Lipinski definition) is 23. The molecule has 0 saturated carbocycles. The van der Waals surface area contributed by atoms with E-state index in [4.69, 9.17) is 30.5 Å². The van der Waals surface area contributed by atoms with Crippen LogP contribution in [0.1, 0.15) is 247 Å². The number of rotatable bonds is 30. The SMILES string of the molecule is CC(F)Oc1ccc(F)c(-n2c(=O)n([C@@H](C)C(C)(C)O)c3cc(C(=O)CC4(C)CS(=O)(=O)C4)ccc32)c1.CC(F)Oc1ccc(F)c(-n2c(=O)n([C@H](C)C(C)(C)O)c3cc(C(=O)CC4(C)CS(=O)(=O)C4)ccc32)c1.CC(F)Oc1cccc(-n2c(=O)n(C(C)C)c3c(C#N)c(C(=O)CC4(C)CCS(=O)(=O)CC4)ccc32)c1.CC(F)Oc1cccc(-n2c(=O)n(C(C)C)c3c(Cl)c(C(=O)CC4(C)CCS(=O)(=O)CC4)ccc32)c1. The van der Waals surface area contributed by atoms with Gasteiger partial charge in [-0.25, -0.2) is 79.2 Å². The normalized spacial score (nSPS) is 18.0. The van der Waals surface area contributed by atoms with Gasteiger partial charge in [-0.1, -0.05) is 51.4 Å². The van der Waals surface area contributed by atoms with Gasteiger partial charge in [0.1, 0.15) is 60.4 Å². The number of ether oxygens (including phenoxy) is 4. The molecule has 4 fully saturated rings. The fraction of sp³-hybridized carbons (Fsp3) is 0.457. The highest BCUT2D eigenvalue weighted by molar-refractivity contribution is 7.93. The van der Waals surface area contributed by atoms with Crippen LogP contribution < -0.4 is 41.7 Å². The van der Waals surface area contributed by atoms with E-state index in [1.807, 2.05) is 41.5 Å². The number of aromatic nitrogens is 8. The molecule has 4 aliphatic rings. The van der Waals surface area contributed by atoms with E-state index >= 15 is 0 Å². The minimum atomic E-state index is -3.13. The number of ketones is 4. The van der Waals surface area contributed by atoms with Crippen LogP contribution in [0.2, 0.25) is 5.02 Å². The molecule has 8 heterocycles. The maximum Gasteiger partial charge on any atom is 0.334 e. The lowest BCUT2D eigenvalue weighted by atomic mass is 9.78. The Morgan fingerprint density at radius 1 is 0.395 bits per heavy atom. The number of carbonyl (C=O) groups excluding carboxylic acids is 4. The lowest BCUT2D eigenvalue weighted by Gasteiger charge is -2.37. The first kappa shape index (κ1) is 112. The number of fused-ring (bicyclic) bond motifs is 4. The molecule has 4 aromatic heterocycles. The van der Waals surface area contributed by atoms with Gasteiger partial charge in [-0.2, -0.15) is 5.26 Å². The van der Waals surface area contributed by atoms with Crippen LogP contribution in [-0.4, -0.2) is 186 Å². The number of nitriles is 1. The first-order valence-corrected chi connectivity index (χ1v) is 55.5. The predicted molar refractivity (Wildman–Crippen MR) is 549 cm³/mol. The smallest absolute Gasteiger partial charge is 0.334 e. The molecule has 147 heavy (non-hydrogen) atoms. The van der Waals surface area contributed by atoms with Gasteiger partial charge in [0.15, 0.2) is 42.8 Å². The molecule has 0 spiro atoms. The van der Waals surface area contributed by atoms with E-state index in [0.29, 0.717) is 64.7 Å². The lowest BCUT2D eigenvalue weighted by molar-refractivity contribution is 0.0303. The van der Waals surface area contributed by atoms with Crippen LogP contribution in [-0.2, 0) is 39.3 Å². The number of hydrogen-bond donors (Lipinski definition) is 2. The van der Waals surface area contributed by atoms with Crippen LogP contribution in [0.3, 0.4) is 0 Å². The maximum atomic E-state index is 15.0. The minimum Gasteiger partial charge on any atom is -0.461 e. The zero-order chi connectivity index (χ0) is 109. The third-order valence-corrected chi connectivity index (χ3v) is 35.6. The largest absolute Gasteiger partial charge is 0.461 e. The Kier molecular flexibility index (Phi) is 32.1. The van der Waals surface area contributed by atoms with Crippen molar-refractivity contribution in [2.24, 2.45) is 21.7 Å². The third kappa shape index (κ3) is 24.5. The topological polar surface area (TPSA) is 414 Å². The Morgan fingerprint density at radius 3 is 1.04 bits per heavy atom. The van der Waals surface area contributed by atoms with Crippen molar-refractivity contribution in [3.63, 3.8) is 0 Å². The van der Waals surface area contributed by atoms with E-state index in [1.165, 1.54) is 143 Å². The number of imidazole rings is 4. The monoisotopic (exact) mass is 2140 g/mol. The number of nitrogens with zero attached hydrogens (tertiary/aromatic N) is 9. The molecular formula is C105H120ClF6N9O22S4. The number of Topliss-reactive ketones (excluding diaryl/α,β-unsaturated/α-hetero) is 4. The average Bonchev–Trinajstić information content (AvgIpc) is 1.64. The van der Waals surface area contributed by atoms with Gasteiger partial charge in [0.25, 0.3) is 0 Å². The van der Waals surface area contributed by atoms with Crippen molar-refractivity contribution >= 4 is 118 Å². The Balaban J connectivity index is 0.000000164. The maximum absolute atomic E-state index is 15.0. The Bertz CT molecular complexity index is 7740. The van der Waals surface area contributed by atoms with E-state index in [2.05, 4.69) is 6.07 Å². The highest BCUT2D eigenvalue weighted by Crippen LogP contribution is 2.45. The van der Waals surface area contributed by atoms with Crippen LogP contribution in [0.4, 0.5) is 26.3 Å². The number of benzene rings is 8. The molecule has 0 radical (unpaired) electrons. The highest BCUT2D eigenvalue weighted by atomic mass is 35.5. The van der Waals surface area contributed by atoms with E-state index < -0.39 is 138 Å². The molecule has 790 valence electrons. The van der Waals surface area contributed by atoms with Crippen molar-refractivity contribution in [3.8, 4) is 51.8 Å². The summed E-state index contributed by atoms with van der Waals surface area (Å²) in [5.41, 5.74) is -2.54. The number of carbonyl (C=O) groups is 4. The standard InChI is InChI=1S/C27H30FN3O5S.C26H30ClFN2O5S.2C26H30F2N2O6S/c1-17(2)30-25-22(16-29)21(24(32)15-27(4)10-12-37(34,35)13-11-27)8-9-23(25)31(26(30)33)19-6-5-7-20(14-19)36-18(3)28;1-16(2)29-24-21(30(25(29)32)18-6-5-7-19(14-18)35-17(3)28)9-8-20(23(24)27)22(31)15-26(4)10-12-36(33,34)13-11-26;2*1-15(25(3,4)33)29-22-10-17(23(31)12-26(5)13-37(34,35)14-26)6-9-20(22)30(24(29)32)21-11-18(36-16(2)27)7-8-19(21)28/h5-9,14,17-18H,10-13,15H2,1-4H3;5-9,14,16-17H,10-13,15H2,1-4H3;2*6-11,15-16,33H,12-14H2,1-5H3/t;;2*15-,16?/m..10/s1. The number of sulfone groups is 4. The van der Waals surface area contributed by atoms with E-state index in [1.54, 1.807) is 100 Å². The van der Waals surface area contributed by atoms with Gasteiger partial charge in [-0.15, -0.1) is 0 Å². The molecule has 16 rings (SSSR count). The van der Waals surface area contributed by atoms with Gasteiger partial charge in [-0.3, -0.25) is 55.7 Å². The first-order chi connectivity index (χ1) is 68.2. The molecule has 31 nitrogen and oxygen atoms in total. The minimum absolute atomic E-state index is 0.0130. The summed E-state index contributed by atoms with van der Waals surface area (Å²) >= 11 is 6.80. The zero-order valence-corrected chi connectivity index (χ0v) is 88.7. The second kappa shape index (κ2) is 42.1. The molecule has 0 aliphatic carbocycles. The molecular weight excluding hydrogens is 2020 g/mol. The van der Waals surface area contributed by atoms with Gasteiger partial charge in [0.2, 0.25) is 25.4 Å². The summed E-state index contributed by atoms with van der Waals surface area (Å²) in [6, 6.07) is 35.6. The predicted octanol–water partition coefficient (Wildman–Crippen LogP) is 18.2. The van der Waals surface area contributed by atoms with E-state index in [0.717, 1.165) is 21.3 Å². The summed E-state index contributed by atoms with van der Waals surface area (Å²) < 4.78 is 209. The van der Waals surface area contributed by atoms with Crippen LogP contribution in [0.15, 0.2) is 165 Å². The molecule has 6 atom stereocenters. The van der Waals surface area contributed by atoms with Crippen molar-refractivity contribution in [1.82, 2.24) is 36.5 Å². The van der Waals surface area contributed by atoms with E-state index in [9.17, 15) is 114 Å². The molecule has 4 unspecified atom stereocenters. The first-order valence-electron chi connectivity index (χ1n) is 47.8. The fourth-order valence-corrected chi connectivity index (χ4v) is 27.9. The molecule has 12 aromatic rings. The van der Waals surface area contributed by atoms with Crippen molar-refractivity contribution in [2.75, 3.05) is 46.0 Å². The lowest BCUT2D eigenvalue weighted by Crippen LogP contribution is -2.47. The number of alkyl halides is 4. The van der Waals surface area contributed by atoms with Crippen molar-refractivity contribution < 1.29 is 108 Å². The van der Waals surface area contributed by atoms with Gasteiger partial charge in [0, 0.05) is 123 Å². The van der Waals surface area contributed by atoms with Crippen LogP contribution in [0.5, 0.6) is 23.0 Å². The quantitative estimate of drug-likeness (QED) is 0.0312. The second-order valence-corrected chi connectivity index (χ2v) is 51.0. The molecule has 0 bridgehead atoms. The molecule has 4 saturated heterocycles. The summed E-state index contributed by atoms with van der Waals surface area (Å²) in [4.78, 5) is 107. The molecule has 42 heteroatoms. The molecule has 4 aliphatic heterocycles. The van der Waals surface area contributed by atoms with Crippen LogP contribution in [0.25, 0.3) is 66.9 Å². The summed E-state index contributed by atoms with van der Waals surface area (Å²) in [5, 5.41) is 31.7. The summed E-state index contributed by atoms with van der Waals surface area (Å²) in [6.07, 6.45) is -4.46. The summed E-state index contributed by atoms with van der Waals surface area (Å²) in [7, 11) is -12.4.